The molecule has 2 aliphatic rings. The van der Waals surface area contributed by atoms with Crippen LogP contribution in [0.25, 0.3) is 0 Å². The molecule has 2 fully saturated rings. The number of halogens is 5. The molecule has 2 saturated heterocycles. The number of benzene rings is 4. The molecule has 1 N–H and O–H groups in total. The summed E-state index contributed by atoms with van der Waals surface area (Å²) in [5, 5.41) is 3.34. The van der Waals surface area contributed by atoms with Gasteiger partial charge in [0.2, 0.25) is 0 Å². The van der Waals surface area contributed by atoms with Crippen LogP contribution in [0.15, 0.2) is 93.9 Å². The van der Waals surface area contributed by atoms with Crippen LogP contribution in [0.1, 0.15) is 70.4 Å². The van der Waals surface area contributed by atoms with Crippen molar-refractivity contribution in [2.24, 2.45) is 0 Å². The molecule has 0 saturated carbocycles. The first-order chi connectivity index (χ1) is 27.4. The van der Waals surface area contributed by atoms with Crippen LogP contribution in [0.5, 0.6) is 0 Å². The zero-order chi connectivity index (χ0) is 41.3. The largest absolute Gasteiger partial charge is 0.465 e. The SMILES string of the molecule is COC(=O)c1ccc(CBr)c(F)c1.COC(=O)c1ccc(CN(C(=O)N2CCCCC2)c2ccc(Br)cc2)c(F)c1.O=C(Nc1ccc(Br)cc1)N1CCCCC1. The Morgan fingerprint density at radius 1 is 0.649 bits per heavy atom. The van der Waals surface area contributed by atoms with Gasteiger partial charge in [0.05, 0.1) is 31.9 Å². The third-order valence-electron chi connectivity index (χ3n) is 9.16. The molecule has 0 aromatic heterocycles. The molecular formula is C42H45Br3F2N4O6. The second-order valence-corrected chi connectivity index (χ2v) is 15.5. The Morgan fingerprint density at radius 3 is 1.56 bits per heavy atom. The van der Waals surface area contributed by atoms with Crippen molar-refractivity contribution < 1.29 is 37.4 Å². The molecule has 6 rings (SSSR count). The highest BCUT2D eigenvalue weighted by Crippen LogP contribution is 2.25. The van der Waals surface area contributed by atoms with Crippen LogP contribution < -0.4 is 10.2 Å². The number of alkyl halides is 1. The topological polar surface area (TPSA) is 108 Å². The molecule has 10 nitrogen and oxygen atoms in total. The molecule has 0 spiro atoms. The average Bonchev–Trinajstić information content (AvgIpc) is 3.24. The minimum absolute atomic E-state index is 0.0158. The van der Waals surface area contributed by atoms with E-state index in [2.05, 4.69) is 62.6 Å². The Kier molecular flexibility index (Phi) is 18.4. The number of nitrogens with one attached hydrogen (secondary N) is 1. The molecule has 0 bridgehead atoms. The van der Waals surface area contributed by atoms with Gasteiger partial charge < -0.3 is 24.6 Å². The monoisotopic (exact) mass is 976 g/mol. The number of piperidine rings is 2. The van der Waals surface area contributed by atoms with Crippen molar-refractivity contribution >= 4 is 83.2 Å². The van der Waals surface area contributed by atoms with Gasteiger partial charge in [-0.15, -0.1) is 0 Å². The maximum absolute atomic E-state index is 14.6. The number of esters is 2. The van der Waals surface area contributed by atoms with Crippen LogP contribution >= 0.6 is 47.8 Å². The van der Waals surface area contributed by atoms with E-state index in [1.807, 2.05) is 58.3 Å². The second kappa shape index (κ2) is 23.2. The number of hydrogen-bond donors (Lipinski definition) is 1. The number of rotatable bonds is 7. The van der Waals surface area contributed by atoms with Gasteiger partial charge in [0.15, 0.2) is 0 Å². The third kappa shape index (κ3) is 13.9. The van der Waals surface area contributed by atoms with Crippen LogP contribution in [0, 0.1) is 11.6 Å². The van der Waals surface area contributed by atoms with Gasteiger partial charge in [0, 0.05) is 57.4 Å². The van der Waals surface area contributed by atoms with E-state index in [-0.39, 0.29) is 29.7 Å². The molecular weight excluding hydrogens is 934 g/mol. The fourth-order valence-corrected chi connectivity index (χ4v) is 6.95. The number of nitrogens with zero attached hydrogens (tertiary/aromatic N) is 3. The number of ether oxygens (including phenoxy) is 2. The number of likely N-dealkylation sites (tertiary alicyclic amines) is 2. The normalized spacial score (nSPS) is 13.5. The Bertz CT molecular complexity index is 1960. The number of amides is 4. The highest BCUT2D eigenvalue weighted by Gasteiger charge is 2.25. The maximum Gasteiger partial charge on any atom is 0.337 e. The van der Waals surface area contributed by atoms with Crippen molar-refractivity contribution in [2.45, 2.75) is 50.4 Å². The van der Waals surface area contributed by atoms with Crippen molar-refractivity contribution in [3.05, 3.63) is 128 Å². The third-order valence-corrected chi connectivity index (χ3v) is 10.8. The summed E-state index contributed by atoms with van der Waals surface area (Å²) < 4.78 is 38.7. The first-order valence-corrected chi connectivity index (χ1v) is 21.1. The van der Waals surface area contributed by atoms with Gasteiger partial charge in [-0.1, -0.05) is 59.9 Å². The summed E-state index contributed by atoms with van der Waals surface area (Å²) in [5.41, 5.74) is 2.76. The molecule has 57 heavy (non-hydrogen) atoms. The summed E-state index contributed by atoms with van der Waals surface area (Å²) in [6.45, 7) is 3.24. The van der Waals surface area contributed by atoms with Gasteiger partial charge in [-0.05, 0) is 117 Å². The summed E-state index contributed by atoms with van der Waals surface area (Å²) in [7, 11) is 2.51. The predicted octanol–water partition coefficient (Wildman–Crippen LogP) is 11.0. The van der Waals surface area contributed by atoms with Crippen molar-refractivity contribution in [2.75, 3.05) is 50.6 Å². The van der Waals surface area contributed by atoms with Gasteiger partial charge >= 0.3 is 24.0 Å². The van der Waals surface area contributed by atoms with Gasteiger partial charge in [0.1, 0.15) is 11.6 Å². The van der Waals surface area contributed by atoms with E-state index < -0.39 is 23.6 Å². The number of carbonyl (C=O) groups is 4. The van der Waals surface area contributed by atoms with Gasteiger partial charge in [-0.3, -0.25) is 4.90 Å². The quantitative estimate of drug-likeness (QED) is 0.146. The van der Waals surface area contributed by atoms with E-state index in [1.54, 1.807) is 11.0 Å². The Labute approximate surface area is 357 Å². The van der Waals surface area contributed by atoms with E-state index in [9.17, 15) is 28.0 Å². The molecule has 4 aromatic carbocycles. The number of methoxy groups -OCH3 is 2. The lowest BCUT2D eigenvalue weighted by molar-refractivity contribution is 0.0591. The Morgan fingerprint density at radius 2 is 1.11 bits per heavy atom. The van der Waals surface area contributed by atoms with Crippen molar-refractivity contribution in [3.63, 3.8) is 0 Å². The average molecular weight is 980 g/mol. The number of anilines is 2. The standard InChI is InChI=1S/C21H22BrFN2O3.C12H15BrN2O.C9H8BrFO2/c1-28-20(26)15-5-6-16(19(23)13-15)14-25(18-9-7-17(22)8-10-18)21(27)24-11-3-2-4-12-24;13-10-4-6-11(7-5-10)14-12(16)15-8-2-1-3-9-15;1-13-9(12)6-2-3-7(5-10)8(11)4-6/h5-10,13H,2-4,11-12,14H2,1H3;4-7H,1-3,8-9H2,(H,14,16);2-4H,5H2,1H3. The number of carbonyl (C=O) groups excluding carboxylic acids is 4. The van der Waals surface area contributed by atoms with E-state index in [1.165, 1.54) is 44.9 Å². The summed E-state index contributed by atoms with van der Waals surface area (Å²) in [5.74, 6) is -2.07. The number of urea groups is 2. The Hall–Kier alpha value is -4.34. The molecule has 2 heterocycles. The van der Waals surface area contributed by atoms with Crippen LogP contribution in [0.3, 0.4) is 0 Å². The summed E-state index contributed by atoms with van der Waals surface area (Å²) in [6, 6.07) is 23.3. The van der Waals surface area contributed by atoms with Gasteiger partial charge in [-0.25, -0.2) is 28.0 Å². The van der Waals surface area contributed by atoms with E-state index >= 15 is 0 Å². The second-order valence-electron chi connectivity index (χ2n) is 13.1. The van der Waals surface area contributed by atoms with E-state index in [4.69, 9.17) is 0 Å². The highest BCUT2D eigenvalue weighted by atomic mass is 79.9. The molecule has 2 aliphatic heterocycles. The molecule has 4 amide bonds. The van der Waals surface area contributed by atoms with Gasteiger partial charge in [-0.2, -0.15) is 0 Å². The van der Waals surface area contributed by atoms with E-state index in [0.29, 0.717) is 35.2 Å². The van der Waals surface area contributed by atoms with Crippen LogP contribution in [0.2, 0.25) is 0 Å². The molecule has 0 unspecified atom stereocenters. The smallest absolute Gasteiger partial charge is 0.337 e. The Balaban J connectivity index is 0.000000209. The summed E-state index contributed by atoms with van der Waals surface area (Å²) >= 11 is 9.89. The summed E-state index contributed by atoms with van der Waals surface area (Å²) in [6.07, 6.45) is 6.54. The first kappa shape index (κ1) is 45.4. The zero-order valence-corrected chi connectivity index (χ0v) is 36.5. The predicted molar refractivity (Wildman–Crippen MR) is 228 cm³/mol. The van der Waals surface area contributed by atoms with Crippen LogP contribution in [-0.4, -0.2) is 74.2 Å². The van der Waals surface area contributed by atoms with E-state index in [0.717, 1.165) is 65.9 Å². The van der Waals surface area contributed by atoms with Crippen molar-refractivity contribution in [1.82, 2.24) is 9.80 Å². The van der Waals surface area contributed by atoms with Gasteiger partial charge in [0.25, 0.3) is 0 Å². The summed E-state index contributed by atoms with van der Waals surface area (Å²) in [4.78, 5) is 52.9. The van der Waals surface area contributed by atoms with Crippen LogP contribution in [-0.2, 0) is 21.3 Å². The maximum atomic E-state index is 14.6. The lowest BCUT2D eigenvalue weighted by atomic mass is 10.1. The highest BCUT2D eigenvalue weighted by molar-refractivity contribution is 9.10. The first-order valence-electron chi connectivity index (χ1n) is 18.4. The lowest BCUT2D eigenvalue weighted by Gasteiger charge is -2.33. The molecule has 304 valence electrons. The van der Waals surface area contributed by atoms with Crippen molar-refractivity contribution in [3.8, 4) is 0 Å². The number of hydrogen-bond acceptors (Lipinski definition) is 6. The minimum atomic E-state index is -0.598. The molecule has 15 heteroatoms. The zero-order valence-electron chi connectivity index (χ0n) is 31.7. The van der Waals surface area contributed by atoms with Crippen LogP contribution in [0.4, 0.5) is 29.7 Å². The lowest BCUT2D eigenvalue weighted by Crippen LogP contribution is -2.45. The molecule has 0 atom stereocenters. The fourth-order valence-electron chi connectivity index (χ4n) is 5.97. The minimum Gasteiger partial charge on any atom is -0.465 e. The van der Waals surface area contributed by atoms with Crippen molar-refractivity contribution in [1.29, 1.82) is 0 Å². The fraction of sp³-hybridized carbons (Fsp3) is 0.333. The molecule has 4 aromatic rings. The molecule has 0 radical (unpaired) electrons. The molecule has 0 aliphatic carbocycles.